The number of fused-ring (bicyclic) bond motifs is 1. The highest BCUT2D eigenvalue weighted by atomic mass is 35.5. The maximum Gasteiger partial charge on any atom is 0.349 e. The molecule has 2 aromatic heterocycles. The van der Waals surface area contributed by atoms with Crippen LogP contribution in [0.15, 0.2) is 41.7 Å². The van der Waals surface area contributed by atoms with E-state index in [0.29, 0.717) is 0 Å². The van der Waals surface area contributed by atoms with Gasteiger partial charge in [-0.05, 0) is 36.7 Å². The predicted octanol–water partition coefficient (Wildman–Crippen LogP) is 1.79. The number of hydrogen-bond donors (Lipinski definition) is 0. The van der Waals surface area contributed by atoms with Crippen LogP contribution in [0.3, 0.4) is 0 Å². The van der Waals surface area contributed by atoms with Gasteiger partial charge in [-0.2, -0.15) is 4.57 Å². The second-order valence-corrected chi connectivity index (χ2v) is 4.17. The van der Waals surface area contributed by atoms with Crippen LogP contribution in [-0.4, -0.2) is 15.8 Å². The van der Waals surface area contributed by atoms with Crippen molar-refractivity contribution in [1.82, 2.24) is 9.97 Å². The van der Waals surface area contributed by atoms with E-state index in [1.807, 2.05) is 29.0 Å². The van der Waals surface area contributed by atoms with Gasteiger partial charge >= 0.3 is 5.84 Å². The third-order valence-electron chi connectivity index (χ3n) is 2.72. The Morgan fingerprint density at radius 2 is 2.18 bits per heavy atom. The zero-order valence-corrected chi connectivity index (χ0v) is 9.96. The fraction of sp³-hybridized carbons (Fsp3) is 0.167. The molecule has 1 aliphatic rings. The van der Waals surface area contributed by atoms with Gasteiger partial charge in [0.1, 0.15) is 0 Å². The molecule has 0 bridgehead atoms. The lowest BCUT2D eigenvalue weighted by Crippen LogP contribution is -2.43. The van der Waals surface area contributed by atoms with Gasteiger partial charge in [-0.25, -0.2) is 9.97 Å². The lowest BCUT2D eigenvalue weighted by Gasteiger charge is -1.98. The second-order valence-electron chi connectivity index (χ2n) is 3.84. The standard InChI is InChI=1S/C12H10ClN4/c1-8-10-4-2-3-7-17(10)11(15-8)9-5-6-14-12(13)16-9/h2-8H,1H3/q+1. The fourth-order valence-electron chi connectivity index (χ4n) is 1.95. The Labute approximate surface area is 104 Å². The molecule has 84 valence electrons. The largest absolute Gasteiger partial charge is 0.349 e. The van der Waals surface area contributed by atoms with Gasteiger partial charge in [-0.3, -0.25) is 0 Å². The van der Waals surface area contributed by atoms with Crippen LogP contribution in [0.4, 0.5) is 0 Å². The molecule has 0 saturated carbocycles. The summed E-state index contributed by atoms with van der Waals surface area (Å²) in [6, 6.07) is 7.99. The summed E-state index contributed by atoms with van der Waals surface area (Å²) in [6.07, 6.45) is 3.62. The SMILES string of the molecule is CC1N=C(c2ccnc(Cl)n2)[n+]2ccccc21. The predicted molar refractivity (Wildman–Crippen MR) is 64.0 cm³/mol. The molecule has 0 N–H and O–H groups in total. The molecule has 0 fully saturated rings. The maximum atomic E-state index is 5.80. The van der Waals surface area contributed by atoms with Crippen molar-refractivity contribution < 1.29 is 4.57 Å². The normalized spacial score (nSPS) is 17.8. The molecule has 1 unspecified atom stereocenters. The maximum absolute atomic E-state index is 5.80. The zero-order chi connectivity index (χ0) is 11.8. The zero-order valence-electron chi connectivity index (χ0n) is 9.21. The molecule has 2 aromatic rings. The van der Waals surface area contributed by atoms with Crippen LogP contribution >= 0.6 is 11.6 Å². The molecule has 0 aliphatic carbocycles. The fourth-order valence-corrected chi connectivity index (χ4v) is 2.10. The molecule has 0 radical (unpaired) electrons. The van der Waals surface area contributed by atoms with Gasteiger partial charge in [0, 0.05) is 6.20 Å². The molecule has 0 saturated heterocycles. The Hall–Kier alpha value is -1.81. The van der Waals surface area contributed by atoms with Crippen molar-refractivity contribution in [2.24, 2.45) is 4.99 Å². The van der Waals surface area contributed by atoms with E-state index in [-0.39, 0.29) is 11.3 Å². The molecule has 0 aromatic carbocycles. The van der Waals surface area contributed by atoms with Crippen LogP contribution < -0.4 is 4.57 Å². The van der Waals surface area contributed by atoms with Gasteiger partial charge in [0.15, 0.2) is 17.4 Å². The lowest BCUT2D eigenvalue weighted by molar-refractivity contribution is -0.558. The van der Waals surface area contributed by atoms with E-state index < -0.39 is 0 Å². The molecule has 0 spiro atoms. The van der Waals surface area contributed by atoms with E-state index in [9.17, 15) is 0 Å². The topological polar surface area (TPSA) is 42.0 Å². The molecular formula is C12H10ClN4+. The molecular weight excluding hydrogens is 236 g/mol. The van der Waals surface area contributed by atoms with Gasteiger partial charge in [0.2, 0.25) is 5.28 Å². The summed E-state index contributed by atoms with van der Waals surface area (Å²) in [6.45, 7) is 2.06. The summed E-state index contributed by atoms with van der Waals surface area (Å²) >= 11 is 5.80. The van der Waals surface area contributed by atoms with Crippen molar-refractivity contribution in [3.8, 4) is 0 Å². The minimum Gasteiger partial charge on any atom is -0.226 e. The molecule has 1 atom stereocenters. The summed E-state index contributed by atoms with van der Waals surface area (Å²) in [5.74, 6) is 0.817. The number of aromatic nitrogens is 3. The molecule has 3 rings (SSSR count). The molecule has 4 nitrogen and oxygen atoms in total. The van der Waals surface area contributed by atoms with Gasteiger partial charge in [0.05, 0.1) is 6.20 Å². The van der Waals surface area contributed by atoms with E-state index >= 15 is 0 Å². The molecule has 5 heteroatoms. The van der Waals surface area contributed by atoms with Gasteiger partial charge < -0.3 is 0 Å². The Balaban J connectivity index is 2.15. The Bertz CT molecular complexity index is 609. The van der Waals surface area contributed by atoms with Crippen LogP contribution in [0.25, 0.3) is 0 Å². The first-order chi connectivity index (χ1) is 8.25. The van der Waals surface area contributed by atoms with Crippen molar-refractivity contribution in [3.63, 3.8) is 0 Å². The number of pyridine rings is 1. The third kappa shape index (κ3) is 1.70. The summed E-state index contributed by atoms with van der Waals surface area (Å²) in [7, 11) is 0. The van der Waals surface area contributed by atoms with Crippen LogP contribution in [0.2, 0.25) is 5.28 Å². The summed E-state index contributed by atoms with van der Waals surface area (Å²) in [5, 5.41) is 0.239. The van der Waals surface area contributed by atoms with E-state index in [2.05, 4.69) is 28.0 Å². The number of rotatable bonds is 1. The number of aliphatic imine (C=N–C) groups is 1. The van der Waals surface area contributed by atoms with Crippen LogP contribution in [0.1, 0.15) is 24.4 Å². The first-order valence-electron chi connectivity index (χ1n) is 5.33. The van der Waals surface area contributed by atoms with Crippen LogP contribution in [0.5, 0.6) is 0 Å². The highest BCUT2D eigenvalue weighted by Gasteiger charge is 2.32. The molecule has 3 heterocycles. The van der Waals surface area contributed by atoms with E-state index in [1.165, 1.54) is 0 Å². The van der Waals surface area contributed by atoms with Crippen molar-refractivity contribution >= 4 is 17.4 Å². The van der Waals surface area contributed by atoms with E-state index in [0.717, 1.165) is 17.2 Å². The van der Waals surface area contributed by atoms with Gasteiger partial charge in [-0.1, -0.05) is 11.1 Å². The van der Waals surface area contributed by atoms with Gasteiger partial charge in [0.25, 0.3) is 0 Å². The second kappa shape index (κ2) is 3.89. The van der Waals surface area contributed by atoms with E-state index in [1.54, 1.807) is 6.20 Å². The first-order valence-corrected chi connectivity index (χ1v) is 5.71. The highest BCUT2D eigenvalue weighted by molar-refractivity contribution is 6.28. The molecule has 0 amide bonds. The summed E-state index contributed by atoms with van der Waals surface area (Å²) in [5.41, 5.74) is 1.89. The minimum absolute atomic E-state index is 0.139. The average molecular weight is 246 g/mol. The van der Waals surface area contributed by atoms with Crippen molar-refractivity contribution in [1.29, 1.82) is 0 Å². The average Bonchev–Trinajstić information content (AvgIpc) is 2.68. The summed E-state index contributed by atoms with van der Waals surface area (Å²) in [4.78, 5) is 12.7. The quantitative estimate of drug-likeness (QED) is 0.568. The molecule has 1 aliphatic heterocycles. The highest BCUT2D eigenvalue weighted by Crippen LogP contribution is 2.19. The van der Waals surface area contributed by atoms with Crippen molar-refractivity contribution in [3.05, 3.63) is 53.3 Å². The first kappa shape index (κ1) is 10.4. The Kier molecular flexibility index (Phi) is 2.37. The Morgan fingerprint density at radius 3 is 3.00 bits per heavy atom. The van der Waals surface area contributed by atoms with Crippen LogP contribution in [0, 0.1) is 0 Å². The number of hydrogen-bond acceptors (Lipinski definition) is 3. The minimum atomic E-state index is 0.139. The van der Waals surface area contributed by atoms with Gasteiger partial charge in [-0.15, -0.1) is 0 Å². The van der Waals surface area contributed by atoms with E-state index in [4.69, 9.17) is 11.6 Å². The lowest BCUT2D eigenvalue weighted by atomic mass is 10.2. The monoisotopic (exact) mass is 245 g/mol. The van der Waals surface area contributed by atoms with Crippen molar-refractivity contribution in [2.45, 2.75) is 13.0 Å². The molecule has 17 heavy (non-hydrogen) atoms. The third-order valence-corrected chi connectivity index (χ3v) is 2.90. The summed E-state index contributed by atoms with van der Waals surface area (Å²) < 4.78 is 2.03. The smallest absolute Gasteiger partial charge is 0.226 e. The van der Waals surface area contributed by atoms with Crippen LogP contribution in [-0.2, 0) is 0 Å². The van der Waals surface area contributed by atoms with Crippen molar-refractivity contribution in [2.75, 3.05) is 0 Å². The number of halogens is 1. The Morgan fingerprint density at radius 1 is 1.29 bits per heavy atom. The number of nitrogens with zero attached hydrogens (tertiary/aromatic N) is 4.